The fraction of sp³-hybridized carbons (Fsp3) is 0.571. The maximum absolute atomic E-state index is 10.7. The number of nitrogens with zero attached hydrogens (tertiary/aromatic N) is 2. The minimum atomic E-state index is -0.471. The predicted molar refractivity (Wildman–Crippen MR) is 77.3 cm³/mol. The molecular formula is C14H21N3O3. The number of anilines is 1. The summed E-state index contributed by atoms with van der Waals surface area (Å²) in [5.74, 6) is 0. The molecule has 0 saturated carbocycles. The molecule has 1 aliphatic rings. The molecule has 0 radical (unpaired) electrons. The minimum absolute atomic E-state index is 0.0525. The Labute approximate surface area is 118 Å². The number of nitro groups is 1. The van der Waals surface area contributed by atoms with Crippen molar-refractivity contribution in [1.82, 2.24) is 4.90 Å². The van der Waals surface area contributed by atoms with Crippen molar-refractivity contribution in [3.8, 4) is 0 Å². The van der Waals surface area contributed by atoms with Crippen LogP contribution < -0.4 is 5.73 Å². The van der Waals surface area contributed by atoms with Gasteiger partial charge in [-0.2, -0.15) is 0 Å². The molecule has 1 atom stereocenters. The van der Waals surface area contributed by atoms with Crippen molar-refractivity contribution in [3.05, 3.63) is 33.9 Å². The summed E-state index contributed by atoms with van der Waals surface area (Å²) >= 11 is 0. The second kappa shape index (κ2) is 6.67. The van der Waals surface area contributed by atoms with Gasteiger partial charge < -0.3 is 10.8 Å². The van der Waals surface area contributed by atoms with Gasteiger partial charge in [-0.25, -0.2) is 0 Å². The van der Waals surface area contributed by atoms with E-state index in [2.05, 4.69) is 4.90 Å². The third kappa shape index (κ3) is 3.46. The number of nitrogen functional groups attached to an aromatic ring is 1. The van der Waals surface area contributed by atoms with Gasteiger partial charge in [-0.1, -0.05) is 18.9 Å². The summed E-state index contributed by atoms with van der Waals surface area (Å²) in [6.45, 7) is 1.78. The molecule has 1 heterocycles. The summed E-state index contributed by atoms with van der Waals surface area (Å²) in [6.07, 6.45) is 4.46. The van der Waals surface area contributed by atoms with Crippen LogP contribution in [-0.2, 0) is 6.54 Å². The first kappa shape index (κ1) is 14.7. The first-order valence-electron chi connectivity index (χ1n) is 6.99. The number of hydrogen-bond donors (Lipinski definition) is 2. The molecule has 0 amide bonds. The Morgan fingerprint density at radius 3 is 2.85 bits per heavy atom. The van der Waals surface area contributed by atoms with E-state index >= 15 is 0 Å². The third-order valence-electron chi connectivity index (χ3n) is 3.88. The number of hydrogen-bond acceptors (Lipinski definition) is 5. The van der Waals surface area contributed by atoms with Crippen LogP contribution in [0.2, 0.25) is 0 Å². The molecule has 0 bridgehead atoms. The van der Waals surface area contributed by atoms with Crippen molar-refractivity contribution in [3.63, 3.8) is 0 Å². The van der Waals surface area contributed by atoms with Crippen molar-refractivity contribution >= 4 is 11.4 Å². The molecule has 1 saturated heterocycles. The van der Waals surface area contributed by atoms with Crippen LogP contribution in [0, 0.1) is 10.1 Å². The van der Waals surface area contributed by atoms with Crippen LogP contribution in [0.25, 0.3) is 0 Å². The fourth-order valence-corrected chi connectivity index (χ4v) is 2.75. The molecule has 6 heteroatoms. The van der Waals surface area contributed by atoms with Gasteiger partial charge in [0.05, 0.1) is 11.5 Å². The quantitative estimate of drug-likeness (QED) is 0.499. The van der Waals surface area contributed by atoms with Gasteiger partial charge in [-0.05, 0) is 31.0 Å². The Morgan fingerprint density at radius 2 is 2.20 bits per heavy atom. The Morgan fingerprint density at radius 1 is 1.40 bits per heavy atom. The molecule has 6 nitrogen and oxygen atoms in total. The Kier molecular flexibility index (Phi) is 4.92. The highest BCUT2D eigenvalue weighted by atomic mass is 16.6. The lowest BCUT2D eigenvalue weighted by Gasteiger charge is -2.28. The normalized spacial score (nSPS) is 20.6. The zero-order valence-corrected chi connectivity index (χ0v) is 11.5. The molecule has 0 aliphatic carbocycles. The number of nitrogens with two attached hydrogens (primary N) is 1. The van der Waals surface area contributed by atoms with Gasteiger partial charge in [0.2, 0.25) is 0 Å². The maximum atomic E-state index is 10.7. The van der Waals surface area contributed by atoms with Crippen LogP contribution in [0.15, 0.2) is 18.2 Å². The van der Waals surface area contributed by atoms with Crippen LogP contribution in [0.4, 0.5) is 11.4 Å². The topological polar surface area (TPSA) is 92.6 Å². The molecular weight excluding hydrogens is 258 g/mol. The van der Waals surface area contributed by atoms with Gasteiger partial charge in [0, 0.05) is 18.7 Å². The maximum Gasteiger partial charge on any atom is 0.292 e. The zero-order valence-electron chi connectivity index (χ0n) is 11.5. The highest BCUT2D eigenvalue weighted by Gasteiger charge is 2.21. The number of benzene rings is 1. The first-order chi connectivity index (χ1) is 9.61. The lowest BCUT2D eigenvalue weighted by Crippen LogP contribution is -2.36. The van der Waals surface area contributed by atoms with Crippen molar-refractivity contribution < 1.29 is 10.0 Å². The van der Waals surface area contributed by atoms with Crippen LogP contribution in [-0.4, -0.2) is 34.1 Å². The van der Waals surface area contributed by atoms with E-state index < -0.39 is 4.92 Å². The number of aliphatic hydroxyl groups excluding tert-OH is 1. The standard InChI is InChI=1S/C14H21N3O3/c15-13-8-11(5-6-14(13)17(19)20)9-16-7-3-1-2-4-12(16)10-18/h5-6,8,12,18H,1-4,7,9-10,15H2. The van der Waals surface area contributed by atoms with Gasteiger partial charge in [0.1, 0.15) is 5.69 Å². The molecule has 1 fully saturated rings. The fourth-order valence-electron chi connectivity index (χ4n) is 2.75. The Hall–Kier alpha value is -1.66. The lowest BCUT2D eigenvalue weighted by atomic mass is 10.1. The zero-order chi connectivity index (χ0) is 14.5. The molecule has 1 aromatic rings. The van der Waals surface area contributed by atoms with Crippen LogP contribution in [0.1, 0.15) is 31.2 Å². The Balaban J connectivity index is 2.11. The van der Waals surface area contributed by atoms with Crippen LogP contribution >= 0.6 is 0 Å². The number of rotatable bonds is 4. The van der Waals surface area contributed by atoms with Gasteiger partial charge in [-0.3, -0.25) is 15.0 Å². The molecule has 110 valence electrons. The van der Waals surface area contributed by atoms with Gasteiger partial charge in [0.25, 0.3) is 5.69 Å². The number of likely N-dealkylation sites (tertiary alicyclic amines) is 1. The molecule has 3 N–H and O–H groups in total. The van der Waals surface area contributed by atoms with E-state index in [4.69, 9.17) is 5.73 Å². The van der Waals surface area contributed by atoms with Crippen molar-refractivity contribution in [1.29, 1.82) is 0 Å². The third-order valence-corrected chi connectivity index (χ3v) is 3.88. The monoisotopic (exact) mass is 279 g/mol. The number of nitro benzene ring substituents is 1. The van der Waals surface area contributed by atoms with Crippen molar-refractivity contribution in [2.24, 2.45) is 0 Å². The second-order valence-electron chi connectivity index (χ2n) is 5.31. The molecule has 1 aromatic carbocycles. The molecule has 1 unspecified atom stereocenters. The number of aliphatic hydroxyl groups is 1. The highest BCUT2D eigenvalue weighted by molar-refractivity contribution is 5.59. The molecule has 0 spiro atoms. The van der Waals surface area contributed by atoms with Crippen molar-refractivity contribution in [2.45, 2.75) is 38.3 Å². The molecule has 2 rings (SSSR count). The first-order valence-corrected chi connectivity index (χ1v) is 6.99. The summed E-state index contributed by atoms with van der Waals surface area (Å²) in [6, 6.07) is 5.04. The van der Waals surface area contributed by atoms with E-state index in [1.807, 2.05) is 0 Å². The summed E-state index contributed by atoms with van der Waals surface area (Å²) in [4.78, 5) is 12.5. The summed E-state index contributed by atoms with van der Waals surface area (Å²) < 4.78 is 0. The van der Waals surface area contributed by atoms with Crippen LogP contribution in [0.5, 0.6) is 0 Å². The SMILES string of the molecule is Nc1cc(CN2CCCCCC2CO)ccc1[N+](=O)[O-]. The van der Waals surface area contributed by atoms with Crippen LogP contribution in [0.3, 0.4) is 0 Å². The van der Waals surface area contributed by atoms with E-state index in [-0.39, 0.29) is 24.0 Å². The molecule has 0 aromatic heterocycles. The van der Waals surface area contributed by atoms with Gasteiger partial charge in [0.15, 0.2) is 0 Å². The minimum Gasteiger partial charge on any atom is -0.395 e. The second-order valence-corrected chi connectivity index (χ2v) is 5.31. The van der Waals surface area contributed by atoms with Gasteiger partial charge in [-0.15, -0.1) is 0 Å². The van der Waals surface area contributed by atoms with E-state index in [0.29, 0.717) is 6.54 Å². The molecule has 20 heavy (non-hydrogen) atoms. The summed E-state index contributed by atoms with van der Waals surface area (Å²) in [7, 11) is 0. The van der Waals surface area contributed by atoms with E-state index in [1.54, 1.807) is 12.1 Å². The predicted octanol–water partition coefficient (Wildman–Crippen LogP) is 1.91. The smallest absolute Gasteiger partial charge is 0.292 e. The van der Waals surface area contributed by atoms with E-state index in [9.17, 15) is 15.2 Å². The summed E-state index contributed by atoms with van der Waals surface area (Å²) in [5, 5.41) is 20.2. The lowest BCUT2D eigenvalue weighted by molar-refractivity contribution is -0.383. The molecule has 1 aliphatic heterocycles. The van der Waals surface area contributed by atoms with Crippen molar-refractivity contribution in [2.75, 3.05) is 18.9 Å². The average Bonchev–Trinajstić information content (AvgIpc) is 2.63. The van der Waals surface area contributed by atoms with Gasteiger partial charge >= 0.3 is 0 Å². The largest absolute Gasteiger partial charge is 0.395 e. The Bertz CT molecular complexity index is 479. The average molecular weight is 279 g/mol. The highest BCUT2D eigenvalue weighted by Crippen LogP contribution is 2.24. The van der Waals surface area contributed by atoms with E-state index in [0.717, 1.165) is 31.4 Å². The van der Waals surface area contributed by atoms with E-state index in [1.165, 1.54) is 12.5 Å². The summed E-state index contributed by atoms with van der Waals surface area (Å²) in [5.41, 5.74) is 6.81.